The number of amides is 1. The van der Waals surface area contributed by atoms with Crippen molar-refractivity contribution in [2.24, 2.45) is 0 Å². The summed E-state index contributed by atoms with van der Waals surface area (Å²) in [5.74, 6) is 0. The molecule has 1 aliphatic heterocycles. The molecule has 0 saturated carbocycles. The van der Waals surface area contributed by atoms with E-state index in [-0.39, 0.29) is 11.7 Å². The SMILES string of the molecule is O=C(O)N1CCC(n2c(=O)[nH]c3cccnc32)CC1. The molecule has 2 aromatic rings. The second kappa shape index (κ2) is 4.42. The van der Waals surface area contributed by atoms with Crippen molar-refractivity contribution in [2.75, 3.05) is 13.1 Å². The third-order valence-corrected chi connectivity index (χ3v) is 3.58. The van der Waals surface area contributed by atoms with Crippen LogP contribution in [-0.2, 0) is 0 Å². The number of hydrogen-bond donors (Lipinski definition) is 2. The number of aromatic amines is 1. The fourth-order valence-electron chi connectivity index (χ4n) is 2.61. The first-order chi connectivity index (χ1) is 9.16. The van der Waals surface area contributed by atoms with E-state index in [0.717, 1.165) is 0 Å². The molecule has 1 amide bonds. The number of hydrogen-bond acceptors (Lipinski definition) is 3. The van der Waals surface area contributed by atoms with Crippen LogP contribution in [0.25, 0.3) is 11.2 Å². The highest BCUT2D eigenvalue weighted by molar-refractivity contribution is 5.70. The number of fused-ring (bicyclic) bond motifs is 1. The summed E-state index contributed by atoms with van der Waals surface area (Å²) in [6, 6.07) is 3.59. The number of piperidine rings is 1. The molecule has 1 fully saturated rings. The van der Waals surface area contributed by atoms with E-state index in [1.54, 1.807) is 16.8 Å². The summed E-state index contributed by atoms with van der Waals surface area (Å²) in [6.07, 6.45) is 2.02. The van der Waals surface area contributed by atoms with Crippen LogP contribution in [0.3, 0.4) is 0 Å². The standard InChI is InChI=1S/C12H14N4O3/c17-11-14-9-2-1-5-13-10(9)16(11)8-3-6-15(7-4-8)12(18)19/h1-2,5,8H,3-4,6-7H2,(H,14,17)(H,18,19). The van der Waals surface area contributed by atoms with Crippen LogP contribution in [-0.4, -0.2) is 43.7 Å². The summed E-state index contributed by atoms with van der Waals surface area (Å²) in [7, 11) is 0. The van der Waals surface area contributed by atoms with E-state index in [0.29, 0.717) is 37.1 Å². The van der Waals surface area contributed by atoms with Crippen molar-refractivity contribution in [3.63, 3.8) is 0 Å². The largest absolute Gasteiger partial charge is 0.465 e. The van der Waals surface area contributed by atoms with Crippen LogP contribution in [0.1, 0.15) is 18.9 Å². The second-order valence-electron chi connectivity index (χ2n) is 4.68. The zero-order valence-corrected chi connectivity index (χ0v) is 10.2. The predicted molar refractivity (Wildman–Crippen MR) is 68.2 cm³/mol. The summed E-state index contributed by atoms with van der Waals surface area (Å²) < 4.78 is 1.65. The number of pyridine rings is 1. The Morgan fingerprint density at radius 2 is 2.16 bits per heavy atom. The average molecular weight is 262 g/mol. The summed E-state index contributed by atoms with van der Waals surface area (Å²) in [5.41, 5.74) is 1.18. The number of aromatic nitrogens is 3. The number of rotatable bonds is 1. The van der Waals surface area contributed by atoms with Crippen LogP contribution in [0.2, 0.25) is 0 Å². The highest BCUT2D eigenvalue weighted by atomic mass is 16.4. The van der Waals surface area contributed by atoms with Crippen molar-refractivity contribution in [3.8, 4) is 0 Å². The molecule has 19 heavy (non-hydrogen) atoms. The molecule has 0 bridgehead atoms. The lowest BCUT2D eigenvalue weighted by Crippen LogP contribution is -2.39. The Kier molecular flexibility index (Phi) is 2.73. The lowest BCUT2D eigenvalue weighted by molar-refractivity contribution is 0.125. The minimum absolute atomic E-state index is 0.00625. The summed E-state index contributed by atoms with van der Waals surface area (Å²) in [6.45, 7) is 0.901. The quantitative estimate of drug-likeness (QED) is 0.803. The summed E-state index contributed by atoms with van der Waals surface area (Å²) in [5, 5.41) is 8.92. The van der Waals surface area contributed by atoms with E-state index < -0.39 is 6.09 Å². The molecule has 0 atom stereocenters. The zero-order chi connectivity index (χ0) is 13.4. The minimum Gasteiger partial charge on any atom is -0.465 e. The number of imidazole rings is 1. The van der Waals surface area contributed by atoms with Crippen molar-refractivity contribution in [2.45, 2.75) is 18.9 Å². The fraction of sp³-hybridized carbons (Fsp3) is 0.417. The number of carboxylic acid groups (broad SMARTS) is 1. The van der Waals surface area contributed by atoms with Gasteiger partial charge in [0, 0.05) is 25.3 Å². The normalized spacial score (nSPS) is 16.9. The minimum atomic E-state index is -0.900. The van der Waals surface area contributed by atoms with Gasteiger partial charge in [-0.05, 0) is 25.0 Å². The van der Waals surface area contributed by atoms with Crippen LogP contribution in [0.5, 0.6) is 0 Å². The van der Waals surface area contributed by atoms with Crippen molar-refractivity contribution >= 4 is 17.3 Å². The molecule has 0 aliphatic carbocycles. The maximum Gasteiger partial charge on any atom is 0.407 e. The third-order valence-electron chi connectivity index (χ3n) is 3.58. The maximum atomic E-state index is 12.0. The Balaban J connectivity index is 1.92. The van der Waals surface area contributed by atoms with Gasteiger partial charge in [0.15, 0.2) is 5.65 Å². The Labute approximate surface area is 108 Å². The first kappa shape index (κ1) is 11.8. The Hall–Kier alpha value is -2.31. The Morgan fingerprint density at radius 3 is 2.84 bits per heavy atom. The number of likely N-dealkylation sites (tertiary alicyclic amines) is 1. The number of carbonyl (C=O) groups is 1. The van der Waals surface area contributed by atoms with Gasteiger partial charge >= 0.3 is 11.8 Å². The van der Waals surface area contributed by atoms with Gasteiger partial charge in [-0.3, -0.25) is 4.57 Å². The predicted octanol–water partition coefficient (Wildman–Crippen LogP) is 1.04. The molecule has 0 radical (unpaired) electrons. The summed E-state index contributed by atoms with van der Waals surface area (Å²) in [4.78, 5) is 31.2. The van der Waals surface area contributed by atoms with Gasteiger partial charge in [-0.25, -0.2) is 14.6 Å². The van der Waals surface area contributed by atoms with E-state index in [9.17, 15) is 9.59 Å². The van der Waals surface area contributed by atoms with E-state index >= 15 is 0 Å². The van der Waals surface area contributed by atoms with Crippen molar-refractivity contribution in [3.05, 3.63) is 28.8 Å². The lowest BCUT2D eigenvalue weighted by atomic mass is 10.1. The van der Waals surface area contributed by atoms with Crippen molar-refractivity contribution < 1.29 is 9.90 Å². The molecule has 100 valence electrons. The number of nitrogens with one attached hydrogen (secondary N) is 1. The fourth-order valence-corrected chi connectivity index (χ4v) is 2.61. The second-order valence-corrected chi connectivity index (χ2v) is 4.68. The molecule has 1 saturated heterocycles. The van der Waals surface area contributed by atoms with E-state index in [2.05, 4.69) is 9.97 Å². The molecular weight excluding hydrogens is 248 g/mol. The zero-order valence-electron chi connectivity index (χ0n) is 10.2. The molecule has 7 heteroatoms. The van der Waals surface area contributed by atoms with Gasteiger partial charge in [0.1, 0.15) is 0 Å². The van der Waals surface area contributed by atoms with E-state index in [1.165, 1.54) is 4.90 Å². The van der Waals surface area contributed by atoms with Crippen molar-refractivity contribution in [1.29, 1.82) is 0 Å². The van der Waals surface area contributed by atoms with Gasteiger partial charge in [0.2, 0.25) is 0 Å². The van der Waals surface area contributed by atoms with Gasteiger partial charge < -0.3 is 15.0 Å². The monoisotopic (exact) mass is 262 g/mol. The molecule has 7 nitrogen and oxygen atoms in total. The van der Waals surface area contributed by atoms with Crippen LogP contribution in [0.15, 0.2) is 23.1 Å². The highest BCUT2D eigenvalue weighted by Crippen LogP contribution is 2.23. The lowest BCUT2D eigenvalue weighted by Gasteiger charge is -2.30. The Morgan fingerprint density at radius 1 is 1.42 bits per heavy atom. The topological polar surface area (TPSA) is 91.2 Å². The molecule has 2 N–H and O–H groups in total. The maximum absolute atomic E-state index is 12.0. The third kappa shape index (κ3) is 1.96. The first-order valence-electron chi connectivity index (χ1n) is 6.20. The summed E-state index contributed by atoms with van der Waals surface area (Å²) >= 11 is 0. The molecule has 0 unspecified atom stereocenters. The highest BCUT2D eigenvalue weighted by Gasteiger charge is 2.25. The molecule has 3 heterocycles. The van der Waals surface area contributed by atoms with Crippen molar-refractivity contribution in [1.82, 2.24) is 19.4 Å². The van der Waals surface area contributed by atoms with E-state index in [1.807, 2.05) is 6.07 Å². The van der Waals surface area contributed by atoms with Crippen LogP contribution >= 0.6 is 0 Å². The molecule has 2 aromatic heterocycles. The number of H-pyrrole nitrogens is 1. The van der Waals surface area contributed by atoms with Gasteiger partial charge in [0.25, 0.3) is 0 Å². The number of nitrogens with zero attached hydrogens (tertiary/aromatic N) is 3. The average Bonchev–Trinajstić information content (AvgIpc) is 2.74. The van der Waals surface area contributed by atoms with Gasteiger partial charge in [-0.15, -0.1) is 0 Å². The van der Waals surface area contributed by atoms with E-state index in [4.69, 9.17) is 5.11 Å². The molecule has 0 aromatic carbocycles. The smallest absolute Gasteiger partial charge is 0.407 e. The van der Waals surface area contributed by atoms with Gasteiger partial charge in [0.05, 0.1) is 5.52 Å². The first-order valence-corrected chi connectivity index (χ1v) is 6.20. The van der Waals surface area contributed by atoms with Gasteiger partial charge in [-0.1, -0.05) is 0 Å². The van der Waals surface area contributed by atoms with Crippen LogP contribution < -0.4 is 5.69 Å². The molecule has 1 aliphatic rings. The molecule has 0 spiro atoms. The van der Waals surface area contributed by atoms with Crippen LogP contribution in [0, 0.1) is 0 Å². The van der Waals surface area contributed by atoms with Gasteiger partial charge in [-0.2, -0.15) is 0 Å². The Bertz CT molecular complexity index is 667. The van der Waals surface area contributed by atoms with Crippen LogP contribution in [0.4, 0.5) is 4.79 Å². The molecule has 3 rings (SSSR count). The molecular formula is C12H14N4O3.